The first-order valence-electron chi connectivity index (χ1n) is 5.38. The predicted molar refractivity (Wildman–Crippen MR) is 71.9 cm³/mol. The number of aromatic nitrogens is 2. The van der Waals surface area contributed by atoms with Crippen LogP contribution in [0.2, 0.25) is 0 Å². The first-order valence-corrected chi connectivity index (χ1v) is 6.82. The molecule has 0 fully saturated rings. The van der Waals surface area contributed by atoms with Crippen molar-refractivity contribution >= 4 is 21.5 Å². The Hall–Kier alpha value is -2.19. The number of hydrogen-bond donors (Lipinski definition) is 2. The van der Waals surface area contributed by atoms with Crippen molar-refractivity contribution in [3.63, 3.8) is 0 Å². The summed E-state index contributed by atoms with van der Waals surface area (Å²) in [5, 5.41) is 0. The van der Waals surface area contributed by atoms with Gasteiger partial charge in [0.05, 0.1) is 5.69 Å². The number of anilines is 2. The summed E-state index contributed by atoms with van der Waals surface area (Å²) < 4.78 is 26.1. The molecule has 0 aliphatic heterocycles. The lowest BCUT2D eigenvalue weighted by atomic mass is 10.4. The Kier molecular flexibility index (Phi) is 3.63. The lowest BCUT2D eigenvalue weighted by molar-refractivity contribution is 0.594. The molecule has 100 valence electrons. The van der Waals surface area contributed by atoms with Crippen LogP contribution < -0.4 is 15.6 Å². The van der Waals surface area contributed by atoms with Crippen molar-refractivity contribution in [2.45, 2.75) is 4.90 Å². The lowest BCUT2D eigenvalue weighted by Gasteiger charge is -2.20. The zero-order valence-electron chi connectivity index (χ0n) is 10.2. The third-order valence-corrected chi connectivity index (χ3v) is 4.39. The summed E-state index contributed by atoms with van der Waals surface area (Å²) in [5.41, 5.74) is 2.78. The molecule has 0 aliphatic rings. The third-order valence-electron chi connectivity index (χ3n) is 2.57. The van der Waals surface area contributed by atoms with Crippen LogP contribution in [-0.2, 0) is 10.0 Å². The zero-order chi connectivity index (χ0) is 13.9. The maximum absolute atomic E-state index is 12.5. The van der Waals surface area contributed by atoms with Crippen molar-refractivity contribution in [3.8, 4) is 0 Å². The van der Waals surface area contributed by atoms with E-state index in [4.69, 9.17) is 5.84 Å². The van der Waals surface area contributed by atoms with Gasteiger partial charge in [-0.2, -0.15) is 0 Å². The number of nitrogen functional groups attached to an aromatic ring is 1. The molecule has 0 bridgehead atoms. The molecule has 0 aliphatic carbocycles. The van der Waals surface area contributed by atoms with Crippen LogP contribution in [0.15, 0.2) is 47.8 Å². The van der Waals surface area contributed by atoms with Gasteiger partial charge in [0.25, 0.3) is 10.0 Å². The van der Waals surface area contributed by atoms with Crippen molar-refractivity contribution in [3.05, 3.63) is 42.9 Å². The highest BCUT2D eigenvalue weighted by molar-refractivity contribution is 7.93. The van der Waals surface area contributed by atoms with Crippen LogP contribution in [0.1, 0.15) is 0 Å². The van der Waals surface area contributed by atoms with E-state index in [9.17, 15) is 8.42 Å². The molecular weight excluding hydrogens is 266 g/mol. The number of nitrogens with one attached hydrogen (secondary N) is 1. The van der Waals surface area contributed by atoms with Crippen LogP contribution in [-0.4, -0.2) is 25.4 Å². The molecule has 0 saturated carbocycles. The minimum Gasteiger partial charge on any atom is -0.307 e. The molecule has 0 unspecified atom stereocenters. The molecule has 7 nitrogen and oxygen atoms in total. The maximum atomic E-state index is 12.5. The molecule has 8 heteroatoms. The number of hydrazine groups is 1. The van der Waals surface area contributed by atoms with Gasteiger partial charge in [0.15, 0.2) is 5.82 Å². The molecule has 0 atom stereocenters. The van der Waals surface area contributed by atoms with Gasteiger partial charge in [-0.05, 0) is 24.3 Å². The second kappa shape index (κ2) is 5.21. The summed E-state index contributed by atoms with van der Waals surface area (Å²) in [4.78, 5) is 7.75. The van der Waals surface area contributed by atoms with E-state index in [2.05, 4.69) is 15.4 Å². The first kappa shape index (κ1) is 13.2. The van der Waals surface area contributed by atoms with Crippen molar-refractivity contribution < 1.29 is 8.42 Å². The summed E-state index contributed by atoms with van der Waals surface area (Å²) >= 11 is 0. The number of sulfonamides is 1. The molecule has 0 saturated heterocycles. The van der Waals surface area contributed by atoms with Crippen molar-refractivity contribution in [1.29, 1.82) is 0 Å². The minimum atomic E-state index is -3.73. The Labute approximate surface area is 111 Å². The number of rotatable bonds is 4. The normalized spacial score (nSPS) is 11.1. The summed E-state index contributed by atoms with van der Waals surface area (Å²) in [7, 11) is -2.28. The highest BCUT2D eigenvalue weighted by Crippen LogP contribution is 2.24. The second-order valence-corrected chi connectivity index (χ2v) is 5.61. The van der Waals surface area contributed by atoms with Gasteiger partial charge in [-0.1, -0.05) is 0 Å². The molecule has 2 aromatic rings. The van der Waals surface area contributed by atoms with E-state index in [0.717, 1.165) is 4.31 Å². The topological polar surface area (TPSA) is 101 Å². The van der Waals surface area contributed by atoms with Gasteiger partial charge in [-0.3, -0.25) is 9.29 Å². The monoisotopic (exact) mass is 279 g/mol. The van der Waals surface area contributed by atoms with Crippen LogP contribution >= 0.6 is 0 Å². The van der Waals surface area contributed by atoms with E-state index in [0.29, 0.717) is 5.69 Å². The van der Waals surface area contributed by atoms with Gasteiger partial charge in [-0.25, -0.2) is 19.2 Å². The van der Waals surface area contributed by atoms with Gasteiger partial charge in [-0.15, -0.1) is 0 Å². The molecule has 0 spiro atoms. The zero-order valence-corrected chi connectivity index (χ0v) is 11.0. The lowest BCUT2D eigenvalue weighted by Crippen LogP contribution is -2.28. The average molecular weight is 279 g/mol. The summed E-state index contributed by atoms with van der Waals surface area (Å²) in [6.45, 7) is 0. The predicted octanol–water partition coefficient (Wildman–Crippen LogP) is 0.587. The Balaban J connectivity index is 2.48. The van der Waals surface area contributed by atoms with E-state index >= 15 is 0 Å². The fraction of sp³-hybridized carbons (Fsp3) is 0.0909. The van der Waals surface area contributed by atoms with E-state index in [1.165, 1.54) is 37.8 Å². The molecule has 0 aromatic carbocycles. The van der Waals surface area contributed by atoms with Gasteiger partial charge < -0.3 is 5.43 Å². The second-order valence-electron chi connectivity index (χ2n) is 3.67. The average Bonchev–Trinajstić information content (AvgIpc) is 2.47. The van der Waals surface area contributed by atoms with Gasteiger partial charge in [0.1, 0.15) is 4.90 Å². The summed E-state index contributed by atoms with van der Waals surface area (Å²) in [5.74, 6) is 5.38. The van der Waals surface area contributed by atoms with Crippen LogP contribution in [0.25, 0.3) is 0 Å². The largest absolute Gasteiger partial charge is 0.307 e. The van der Waals surface area contributed by atoms with Crippen LogP contribution in [0.3, 0.4) is 0 Å². The smallest absolute Gasteiger partial charge is 0.267 e. The Morgan fingerprint density at radius 1 is 1.21 bits per heavy atom. The van der Waals surface area contributed by atoms with Gasteiger partial charge >= 0.3 is 0 Å². The molecule has 2 aromatic heterocycles. The maximum Gasteiger partial charge on any atom is 0.267 e. The highest BCUT2D eigenvalue weighted by atomic mass is 32.2. The molecule has 2 heterocycles. The summed E-state index contributed by atoms with van der Waals surface area (Å²) in [6.07, 6.45) is 4.50. The minimum absolute atomic E-state index is 0.0109. The summed E-state index contributed by atoms with van der Waals surface area (Å²) in [6, 6.07) is 6.18. The number of hydrogen-bond acceptors (Lipinski definition) is 6. The van der Waals surface area contributed by atoms with E-state index in [1.807, 2.05) is 0 Å². The standard InChI is InChI=1S/C11H13N5O2S/c1-16(9-4-7-13-8-5-9)19(17,18)10-3-2-6-14-11(10)15-12/h2-8H,12H2,1H3,(H,14,15). The third kappa shape index (κ3) is 2.49. The molecular formula is C11H13N5O2S. The van der Waals surface area contributed by atoms with Crippen molar-refractivity contribution in [2.24, 2.45) is 5.84 Å². The quantitative estimate of drug-likeness (QED) is 0.627. The Morgan fingerprint density at radius 2 is 1.89 bits per heavy atom. The molecule has 0 amide bonds. The number of pyridine rings is 2. The van der Waals surface area contributed by atoms with Gasteiger partial charge in [0.2, 0.25) is 0 Å². The van der Waals surface area contributed by atoms with Crippen LogP contribution in [0.5, 0.6) is 0 Å². The number of nitrogens with zero attached hydrogens (tertiary/aromatic N) is 3. The van der Waals surface area contributed by atoms with Crippen LogP contribution in [0.4, 0.5) is 11.5 Å². The highest BCUT2D eigenvalue weighted by Gasteiger charge is 2.24. The molecule has 19 heavy (non-hydrogen) atoms. The van der Waals surface area contributed by atoms with Gasteiger partial charge in [0, 0.05) is 25.6 Å². The first-order chi connectivity index (χ1) is 9.07. The molecule has 3 N–H and O–H groups in total. The van der Waals surface area contributed by atoms with E-state index in [-0.39, 0.29) is 10.7 Å². The number of nitrogens with two attached hydrogens (primary N) is 1. The SMILES string of the molecule is CN(c1ccncc1)S(=O)(=O)c1cccnc1NN. The fourth-order valence-corrected chi connectivity index (χ4v) is 2.85. The molecule has 0 radical (unpaired) electrons. The van der Waals surface area contributed by atoms with E-state index < -0.39 is 10.0 Å². The van der Waals surface area contributed by atoms with E-state index in [1.54, 1.807) is 12.1 Å². The Morgan fingerprint density at radius 3 is 2.53 bits per heavy atom. The molecule has 2 rings (SSSR count). The fourth-order valence-electron chi connectivity index (χ4n) is 1.55. The van der Waals surface area contributed by atoms with Crippen LogP contribution in [0, 0.1) is 0 Å². The van der Waals surface area contributed by atoms with Crippen molar-refractivity contribution in [2.75, 3.05) is 16.8 Å². The Bertz CT molecular complexity index is 660. The van der Waals surface area contributed by atoms with Crippen molar-refractivity contribution in [1.82, 2.24) is 9.97 Å².